The van der Waals surface area contributed by atoms with Gasteiger partial charge in [-0.2, -0.15) is 0 Å². The van der Waals surface area contributed by atoms with Gasteiger partial charge < -0.3 is 5.11 Å². The summed E-state index contributed by atoms with van der Waals surface area (Å²) in [5.41, 5.74) is 0.842. The van der Waals surface area contributed by atoms with E-state index in [2.05, 4.69) is 20.9 Å². The minimum atomic E-state index is -2.65. The van der Waals surface area contributed by atoms with Gasteiger partial charge in [0.25, 0.3) is 6.43 Å². The van der Waals surface area contributed by atoms with Crippen LogP contribution in [-0.4, -0.2) is 16.1 Å². The molecule has 0 amide bonds. The first-order valence-corrected chi connectivity index (χ1v) is 5.63. The number of aliphatic carboxylic acids is 1. The molecule has 1 aromatic rings. The molecule has 1 N–H and O–H groups in total. The smallest absolute Gasteiger partial charge is 0.307 e. The van der Waals surface area contributed by atoms with Gasteiger partial charge in [-0.1, -0.05) is 22.0 Å². The zero-order valence-corrected chi connectivity index (χ0v) is 10.1. The molecule has 0 radical (unpaired) electrons. The first-order valence-electron chi connectivity index (χ1n) is 4.51. The summed E-state index contributed by atoms with van der Waals surface area (Å²) < 4.78 is 25.2. The molecule has 1 aromatic heterocycles. The number of carboxylic acids is 1. The molecule has 0 saturated carbocycles. The van der Waals surface area contributed by atoms with E-state index in [-0.39, 0.29) is 17.4 Å². The number of aromatic nitrogens is 1. The fourth-order valence-corrected chi connectivity index (χ4v) is 1.80. The highest BCUT2D eigenvalue weighted by Gasteiger charge is 2.17. The van der Waals surface area contributed by atoms with Crippen LogP contribution in [0.3, 0.4) is 0 Å². The van der Waals surface area contributed by atoms with E-state index >= 15 is 0 Å². The maximum atomic E-state index is 12.6. The number of alkyl halides is 3. The number of pyridine rings is 1. The van der Waals surface area contributed by atoms with E-state index in [0.29, 0.717) is 16.8 Å². The van der Waals surface area contributed by atoms with Gasteiger partial charge in [0, 0.05) is 11.0 Å². The highest BCUT2D eigenvalue weighted by Crippen LogP contribution is 2.25. The molecule has 0 aromatic carbocycles. The number of carbonyl (C=O) groups is 1. The summed E-state index contributed by atoms with van der Waals surface area (Å²) in [7, 11) is 0. The zero-order chi connectivity index (χ0) is 12.3. The molecule has 88 valence electrons. The average molecular weight is 294 g/mol. The van der Waals surface area contributed by atoms with Gasteiger partial charge in [0.05, 0.1) is 6.42 Å². The second-order valence-electron chi connectivity index (χ2n) is 3.28. The van der Waals surface area contributed by atoms with Crippen molar-refractivity contribution in [1.82, 2.24) is 4.98 Å². The van der Waals surface area contributed by atoms with Gasteiger partial charge >= 0.3 is 5.97 Å². The third-order valence-corrected chi connectivity index (χ3v) is 2.73. The van der Waals surface area contributed by atoms with Crippen molar-refractivity contribution >= 4 is 21.9 Å². The highest BCUT2D eigenvalue weighted by atomic mass is 79.9. The van der Waals surface area contributed by atoms with Crippen LogP contribution in [-0.2, 0) is 16.5 Å². The Morgan fingerprint density at radius 1 is 1.56 bits per heavy atom. The Morgan fingerprint density at radius 2 is 2.19 bits per heavy atom. The molecule has 6 heteroatoms. The Hall–Kier alpha value is -1.04. The van der Waals surface area contributed by atoms with Crippen molar-refractivity contribution in [3.63, 3.8) is 0 Å². The molecule has 0 aliphatic heterocycles. The minimum Gasteiger partial charge on any atom is -0.481 e. The van der Waals surface area contributed by atoms with E-state index in [4.69, 9.17) is 5.11 Å². The molecule has 0 atom stereocenters. The van der Waals surface area contributed by atoms with Crippen molar-refractivity contribution in [2.45, 2.75) is 25.1 Å². The minimum absolute atomic E-state index is 0.206. The second kappa shape index (κ2) is 5.34. The van der Waals surface area contributed by atoms with Gasteiger partial charge in [-0.25, -0.2) is 8.78 Å². The summed E-state index contributed by atoms with van der Waals surface area (Å²) >= 11 is 3.08. The lowest BCUT2D eigenvalue weighted by molar-refractivity contribution is -0.136. The van der Waals surface area contributed by atoms with Crippen LogP contribution in [0.2, 0.25) is 0 Å². The molecule has 0 spiro atoms. The maximum absolute atomic E-state index is 12.6. The Kier molecular flexibility index (Phi) is 4.35. The molecule has 0 bridgehead atoms. The maximum Gasteiger partial charge on any atom is 0.307 e. The molecule has 0 fully saturated rings. The molecule has 16 heavy (non-hydrogen) atoms. The Labute approximate surface area is 99.6 Å². The number of rotatable bonds is 4. The van der Waals surface area contributed by atoms with Crippen LogP contribution in [0.1, 0.15) is 28.9 Å². The fourth-order valence-electron chi connectivity index (χ4n) is 1.35. The van der Waals surface area contributed by atoms with Crippen molar-refractivity contribution in [2.24, 2.45) is 0 Å². The number of halogens is 3. The first kappa shape index (κ1) is 13.0. The van der Waals surface area contributed by atoms with Crippen LogP contribution >= 0.6 is 15.9 Å². The predicted octanol–water partition coefficient (Wildman–Crippen LogP) is 2.85. The predicted molar refractivity (Wildman–Crippen MR) is 57.9 cm³/mol. The van der Waals surface area contributed by atoms with E-state index in [1.807, 2.05) is 0 Å². The van der Waals surface area contributed by atoms with E-state index in [9.17, 15) is 13.6 Å². The topological polar surface area (TPSA) is 50.2 Å². The van der Waals surface area contributed by atoms with Gasteiger partial charge in [-0.05, 0) is 18.1 Å². The van der Waals surface area contributed by atoms with Crippen molar-refractivity contribution in [3.8, 4) is 0 Å². The summed E-state index contributed by atoms with van der Waals surface area (Å²) in [6, 6.07) is 1.46. The van der Waals surface area contributed by atoms with Crippen molar-refractivity contribution in [2.75, 3.05) is 0 Å². The third-order valence-electron chi connectivity index (χ3n) is 2.12. The average Bonchev–Trinajstić information content (AvgIpc) is 2.19. The van der Waals surface area contributed by atoms with Crippen LogP contribution < -0.4 is 0 Å². The van der Waals surface area contributed by atoms with E-state index in [0.717, 1.165) is 0 Å². The van der Waals surface area contributed by atoms with Gasteiger partial charge in [-0.15, -0.1) is 0 Å². The number of hydrogen-bond donors (Lipinski definition) is 1. The summed E-state index contributed by atoms with van der Waals surface area (Å²) in [5.74, 6) is -1.00. The molecule has 0 aliphatic carbocycles. The van der Waals surface area contributed by atoms with E-state index < -0.39 is 12.4 Å². The van der Waals surface area contributed by atoms with Crippen molar-refractivity contribution < 1.29 is 18.7 Å². The van der Waals surface area contributed by atoms with Crippen LogP contribution in [0.25, 0.3) is 0 Å². The quantitative estimate of drug-likeness (QED) is 0.869. The Bertz CT molecular complexity index is 410. The first-order chi connectivity index (χ1) is 7.45. The monoisotopic (exact) mass is 293 g/mol. The van der Waals surface area contributed by atoms with Crippen molar-refractivity contribution in [3.05, 3.63) is 28.6 Å². The SMILES string of the molecule is Cc1nc(C(F)F)c(CBr)cc1CC(=O)O. The number of nitrogens with zero attached hydrogens (tertiary/aromatic N) is 1. The molecule has 3 nitrogen and oxygen atoms in total. The molecule has 0 saturated heterocycles. The Balaban J connectivity index is 3.20. The Morgan fingerprint density at radius 3 is 2.62 bits per heavy atom. The molecule has 1 rings (SSSR count). The lowest BCUT2D eigenvalue weighted by atomic mass is 10.1. The molecular weight excluding hydrogens is 284 g/mol. The summed E-state index contributed by atoms with van der Waals surface area (Å²) in [4.78, 5) is 14.3. The zero-order valence-electron chi connectivity index (χ0n) is 8.51. The van der Waals surface area contributed by atoms with Gasteiger partial charge in [0.1, 0.15) is 5.69 Å². The largest absolute Gasteiger partial charge is 0.481 e. The van der Waals surface area contributed by atoms with Gasteiger partial charge in [-0.3, -0.25) is 9.78 Å². The normalized spacial score (nSPS) is 10.8. The second-order valence-corrected chi connectivity index (χ2v) is 3.84. The van der Waals surface area contributed by atoms with Gasteiger partial charge in [0.2, 0.25) is 0 Å². The van der Waals surface area contributed by atoms with Crippen molar-refractivity contribution in [1.29, 1.82) is 0 Å². The molecule has 0 unspecified atom stereocenters. The van der Waals surface area contributed by atoms with E-state index in [1.165, 1.54) is 13.0 Å². The lowest BCUT2D eigenvalue weighted by Gasteiger charge is -2.10. The highest BCUT2D eigenvalue weighted by molar-refractivity contribution is 9.08. The molecule has 1 heterocycles. The summed E-state index contributed by atoms with van der Waals surface area (Å²) in [5, 5.41) is 8.87. The summed E-state index contributed by atoms with van der Waals surface area (Å²) in [6.45, 7) is 1.53. The van der Waals surface area contributed by atoms with Crippen LogP contribution in [0.5, 0.6) is 0 Å². The van der Waals surface area contributed by atoms with Crippen LogP contribution in [0, 0.1) is 6.92 Å². The summed E-state index contributed by atoms with van der Waals surface area (Å²) in [6.07, 6.45) is -2.85. The molecule has 0 aliphatic rings. The third kappa shape index (κ3) is 2.98. The van der Waals surface area contributed by atoms with Gasteiger partial charge in [0.15, 0.2) is 0 Å². The fraction of sp³-hybridized carbons (Fsp3) is 0.400. The van der Waals surface area contributed by atoms with Crippen LogP contribution in [0.4, 0.5) is 8.78 Å². The number of carboxylic acid groups (broad SMARTS) is 1. The number of aryl methyl sites for hydroxylation is 1. The molecular formula is C10H10BrF2NO2. The van der Waals surface area contributed by atoms with E-state index in [1.54, 1.807) is 0 Å². The standard InChI is InChI=1S/C10H10BrF2NO2/c1-5-6(3-8(15)16)2-7(4-11)9(14-5)10(12)13/h2,10H,3-4H2,1H3,(H,15,16). The number of hydrogen-bond acceptors (Lipinski definition) is 2. The van der Waals surface area contributed by atoms with Crippen LogP contribution in [0.15, 0.2) is 6.07 Å². The lowest BCUT2D eigenvalue weighted by Crippen LogP contribution is -2.07.